The van der Waals surface area contributed by atoms with Crippen molar-refractivity contribution in [3.05, 3.63) is 28.6 Å². The molecule has 0 aliphatic carbocycles. The molecule has 0 saturated carbocycles. The molecule has 2 rings (SSSR count). The second-order valence-electron chi connectivity index (χ2n) is 2.38. The zero-order valence-electron chi connectivity index (χ0n) is 14.6. The highest BCUT2D eigenvalue weighted by atomic mass is 79.9. The molecular formula is C10H12BrNO. The van der Waals surface area contributed by atoms with Gasteiger partial charge in [0.15, 0.2) is 0 Å². The molecule has 70 valence electrons. The largest absolute Gasteiger partial charge is 0.378 e. The molecule has 0 radical (unpaired) electrons. The van der Waals surface area contributed by atoms with E-state index in [1.165, 1.54) is 0 Å². The molecule has 1 aliphatic heterocycles. The molecule has 0 atom stereocenters. The number of benzene rings is 1. The summed E-state index contributed by atoms with van der Waals surface area (Å²) in [5.41, 5.74) is -0.273. The Morgan fingerprint density at radius 1 is 1.46 bits per heavy atom. The Morgan fingerprint density at radius 2 is 2.23 bits per heavy atom. The van der Waals surface area contributed by atoms with Crippen molar-refractivity contribution in [3.63, 3.8) is 0 Å². The molecule has 3 heteroatoms. The third-order valence-electron chi connectivity index (χ3n) is 1.52. The standard InChI is InChI=1S/C10H12BrNO/c11-9-1-3-10(4-2-9)12-5-7-13-8-6-12/h1-4H,5-8H2/i1D,2D,3D,4D,5D2,7D2. The highest BCUT2D eigenvalue weighted by Gasteiger charge is 2.09. The van der Waals surface area contributed by atoms with Crippen LogP contribution in [-0.4, -0.2) is 26.2 Å². The molecule has 1 saturated heterocycles. The maximum absolute atomic E-state index is 7.92. The maximum Gasteiger partial charge on any atom is 0.0645 e. The topological polar surface area (TPSA) is 12.5 Å². The van der Waals surface area contributed by atoms with Gasteiger partial charge in [-0.15, -0.1) is 0 Å². The van der Waals surface area contributed by atoms with E-state index in [1.807, 2.05) is 0 Å². The van der Waals surface area contributed by atoms with Gasteiger partial charge in [-0.05, 0) is 24.2 Å². The average molecular weight is 250 g/mol. The van der Waals surface area contributed by atoms with Gasteiger partial charge in [0.2, 0.25) is 0 Å². The Labute approximate surface area is 97.9 Å². The summed E-state index contributed by atoms with van der Waals surface area (Å²) < 4.78 is 67.1. The van der Waals surface area contributed by atoms with E-state index in [0.717, 1.165) is 4.90 Å². The first kappa shape index (κ1) is 3.55. The molecule has 2 nitrogen and oxygen atoms in total. The van der Waals surface area contributed by atoms with Crippen LogP contribution in [0.2, 0.25) is 0 Å². The molecule has 0 bridgehead atoms. The second kappa shape index (κ2) is 4.11. The van der Waals surface area contributed by atoms with Gasteiger partial charge in [-0.3, -0.25) is 0 Å². The second-order valence-corrected chi connectivity index (χ2v) is 3.17. The molecule has 1 aromatic rings. The summed E-state index contributed by atoms with van der Waals surface area (Å²) in [5, 5.41) is 0. The fourth-order valence-electron chi connectivity index (χ4n) is 0.925. The van der Waals surface area contributed by atoms with Gasteiger partial charge in [0.1, 0.15) is 0 Å². The number of morpholine rings is 1. The van der Waals surface area contributed by atoms with E-state index in [9.17, 15) is 0 Å². The van der Waals surface area contributed by atoms with Gasteiger partial charge in [0, 0.05) is 23.2 Å². The SMILES string of the molecule is [2H]c1c([2H])c(N2CCOC([2H])([2H])C2([2H])[2H])c([2H])c([2H])c1Br. The smallest absolute Gasteiger partial charge is 0.0645 e. The van der Waals surface area contributed by atoms with E-state index >= 15 is 0 Å². The van der Waals surface area contributed by atoms with Gasteiger partial charge in [-0.1, -0.05) is 15.9 Å². The number of hydrogen-bond acceptors (Lipinski definition) is 2. The lowest BCUT2D eigenvalue weighted by atomic mass is 10.3. The van der Waals surface area contributed by atoms with Crippen molar-refractivity contribution in [1.29, 1.82) is 0 Å². The molecular weight excluding hydrogens is 230 g/mol. The van der Waals surface area contributed by atoms with Crippen molar-refractivity contribution in [2.24, 2.45) is 0 Å². The van der Waals surface area contributed by atoms with Crippen molar-refractivity contribution in [3.8, 4) is 0 Å². The van der Waals surface area contributed by atoms with Crippen molar-refractivity contribution in [2.45, 2.75) is 0 Å². The van der Waals surface area contributed by atoms with E-state index in [4.69, 9.17) is 15.7 Å². The molecule has 1 fully saturated rings. The predicted molar refractivity (Wildman–Crippen MR) is 57.2 cm³/mol. The summed E-state index contributed by atoms with van der Waals surface area (Å²) in [6.07, 6.45) is 0. The Kier molecular flexibility index (Phi) is 1.12. The van der Waals surface area contributed by atoms with E-state index in [2.05, 4.69) is 15.9 Å². The van der Waals surface area contributed by atoms with Crippen LogP contribution in [-0.2, 0) is 4.74 Å². The van der Waals surface area contributed by atoms with Crippen LogP contribution in [0.25, 0.3) is 0 Å². The van der Waals surface area contributed by atoms with E-state index in [0.29, 0.717) is 0 Å². The van der Waals surface area contributed by atoms with Crippen LogP contribution in [0.5, 0.6) is 0 Å². The molecule has 1 aromatic carbocycles. The number of nitrogens with zero attached hydrogens (tertiary/aromatic N) is 1. The van der Waals surface area contributed by atoms with Gasteiger partial charge in [0.05, 0.1) is 24.1 Å². The third kappa shape index (κ3) is 2.23. The normalized spacial score (nSPS) is 34.1. The first-order valence-electron chi connectivity index (χ1n) is 7.70. The molecule has 0 unspecified atom stereocenters. The molecule has 0 spiro atoms. The fraction of sp³-hybridized carbons (Fsp3) is 0.400. The molecule has 0 aromatic heterocycles. The van der Waals surface area contributed by atoms with Gasteiger partial charge < -0.3 is 9.64 Å². The number of halogens is 1. The highest BCUT2D eigenvalue weighted by Crippen LogP contribution is 2.18. The van der Waals surface area contributed by atoms with E-state index in [-0.39, 0.29) is 35.4 Å². The predicted octanol–water partition coefficient (Wildman–Crippen LogP) is 2.29. The minimum atomic E-state index is -2.62. The summed E-state index contributed by atoms with van der Waals surface area (Å²) in [6.45, 7) is -5.45. The number of ether oxygens (including phenoxy) is 1. The zero-order valence-corrected chi connectivity index (χ0v) is 8.23. The first-order chi connectivity index (χ1) is 9.52. The Morgan fingerprint density at radius 3 is 3.00 bits per heavy atom. The van der Waals surface area contributed by atoms with Crippen LogP contribution < -0.4 is 4.90 Å². The van der Waals surface area contributed by atoms with Crippen LogP contribution in [0, 0.1) is 0 Å². The monoisotopic (exact) mass is 249 g/mol. The summed E-state index contributed by atoms with van der Waals surface area (Å²) in [6, 6.07) is -1.53. The lowest BCUT2D eigenvalue weighted by Crippen LogP contribution is -2.36. The lowest BCUT2D eigenvalue weighted by molar-refractivity contribution is 0.122. The van der Waals surface area contributed by atoms with Crippen LogP contribution >= 0.6 is 15.9 Å². The lowest BCUT2D eigenvalue weighted by Gasteiger charge is -2.28. The Bertz CT molecular complexity index is 564. The average Bonchev–Trinajstić information content (AvgIpc) is 2.39. The first-order valence-corrected chi connectivity index (χ1v) is 4.49. The molecule has 0 amide bonds. The molecule has 1 heterocycles. The van der Waals surface area contributed by atoms with E-state index < -0.39 is 25.1 Å². The number of rotatable bonds is 1. The number of anilines is 1. The summed E-state index contributed by atoms with van der Waals surface area (Å²) in [4.78, 5) is 0.893. The Balaban J connectivity index is 2.67. The molecule has 13 heavy (non-hydrogen) atoms. The van der Waals surface area contributed by atoms with Crippen molar-refractivity contribution in [2.75, 3.05) is 31.1 Å². The van der Waals surface area contributed by atoms with E-state index in [1.54, 1.807) is 0 Å². The highest BCUT2D eigenvalue weighted by molar-refractivity contribution is 9.10. The summed E-state index contributed by atoms with van der Waals surface area (Å²) in [7, 11) is 0. The Hall–Kier alpha value is -0.540. The van der Waals surface area contributed by atoms with Gasteiger partial charge in [0.25, 0.3) is 0 Å². The van der Waals surface area contributed by atoms with Crippen molar-refractivity contribution < 1.29 is 15.7 Å². The maximum atomic E-state index is 7.92. The van der Waals surface area contributed by atoms with Crippen LogP contribution in [0.4, 0.5) is 5.69 Å². The third-order valence-corrected chi connectivity index (χ3v) is 1.92. The zero-order chi connectivity index (χ0) is 16.2. The fourth-order valence-corrected chi connectivity index (χ4v) is 1.12. The van der Waals surface area contributed by atoms with Crippen LogP contribution in [0.1, 0.15) is 11.0 Å². The molecule has 0 N–H and O–H groups in total. The minimum Gasteiger partial charge on any atom is -0.378 e. The van der Waals surface area contributed by atoms with Crippen molar-refractivity contribution in [1.82, 2.24) is 0 Å². The van der Waals surface area contributed by atoms with Crippen molar-refractivity contribution >= 4 is 21.6 Å². The minimum absolute atomic E-state index is 0.0157. The van der Waals surface area contributed by atoms with Gasteiger partial charge in [-0.25, -0.2) is 0 Å². The quantitative estimate of drug-likeness (QED) is 0.758. The van der Waals surface area contributed by atoms with Gasteiger partial charge >= 0.3 is 0 Å². The molecule has 1 aliphatic rings. The number of hydrogen-bond donors (Lipinski definition) is 0. The summed E-state index contributed by atoms with van der Waals surface area (Å²) in [5.74, 6) is 0. The summed E-state index contributed by atoms with van der Waals surface area (Å²) >= 11 is 2.96. The van der Waals surface area contributed by atoms with Crippen LogP contribution in [0.3, 0.4) is 0 Å². The van der Waals surface area contributed by atoms with Crippen LogP contribution in [0.15, 0.2) is 28.6 Å². The van der Waals surface area contributed by atoms with Gasteiger partial charge in [-0.2, -0.15) is 0 Å².